The normalized spacial score (nSPS) is 11.8. The Bertz CT molecular complexity index is 582. The lowest BCUT2D eigenvalue weighted by molar-refractivity contribution is -0.114. The van der Waals surface area contributed by atoms with Crippen molar-refractivity contribution >= 4 is 17.8 Å². The van der Waals surface area contributed by atoms with Gasteiger partial charge in [-0.05, 0) is 66.5 Å². The molecular weight excluding hydrogens is 376 g/mol. The molecule has 1 rings (SSSR count). The number of Topliss-reactive ketones (excluding diaryl/α,β-unsaturated/α-hetero) is 1. The molecule has 0 aromatic heterocycles. The average Bonchev–Trinajstić information content (AvgIpc) is 2.57. The second kappa shape index (κ2) is 13.5. The highest BCUT2D eigenvalue weighted by Crippen LogP contribution is 2.39. The molecule has 0 bridgehead atoms. The Morgan fingerprint density at radius 1 is 0.931 bits per heavy atom. The minimum absolute atomic E-state index is 0.167. The van der Waals surface area contributed by atoms with E-state index in [9.17, 15) is 4.79 Å². The molecule has 0 atom stereocenters. The molecular formula is C26H46O2S. The van der Waals surface area contributed by atoms with Gasteiger partial charge in [-0.25, -0.2) is 0 Å². The molecule has 0 aliphatic heterocycles. The van der Waals surface area contributed by atoms with Crippen molar-refractivity contribution in [3.8, 4) is 0 Å². The van der Waals surface area contributed by atoms with E-state index in [1.807, 2.05) is 0 Å². The maximum absolute atomic E-state index is 9.44. The average molecular weight is 423 g/mol. The number of hydrogen-bond donors (Lipinski definition) is 0. The van der Waals surface area contributed by atoms with Crippen molar-refractivity contribution in [2.24, 2.45) is 5.41 Å². The first-order valence-corrected chi connectivity index (χ1v) is 12.0. The molecule has 1 aromatic rings. The first kappa shape index (κ1) is 28.2. The quantitative estimate of drug-likeness (QED) is 0.278. The summed E-state index contributed by atoms with van der Waals surface area (Å²) < 4.78 is 6.10. The van der Waals surface area contributed by atoms with Crippen molar-refractivity contribution in [3.63, 3.8) is 0 Å². The van der Waals surface area contributed by atoms with Crippen molar-refractivity contribution in [2.45, 2.75) is 118 Å². The summed E-state index contributed by atoms with van der Waals surface area (Å²) in [5, 5.41) is 0. The topological polar surface area (TPSA) is 26.3 Å². The van der Waals surface area contributed by atoms with Gasteiger partial charge in [0.25, 0.3) is 0 Å². The summed E-state index contributed by atoms with van der Waals surface area (Å²) >= 11 is 1.61. The predicted octanol–water partition coefficient (Wildman–Crippen LogP) is 8.89. The molecule has 168 valence electrons. The van der Waals surface area contributed by atoms with Crippen LogP contribution in [0.4, 0.5) is 0 Å². The van der Waals surface area contributed by atoms with Gasteiger partial charge < -0.3 is 8.98 Å². The number of hydrogen-bond acceptors (Lipinski definition) is 3. The van der Waals surface area contributed by atoms with E-state index >= 15 is 0 Å². The van der Waals surface area contributed by atoms with Crippen molar-refractivity contribution < 1.29 is 8.98 Å². The van der Waals surface area contributed by atoms with Gasteiger partial charge in [-0.15, -0.1) is 0 Å². The second-order valence-electron chi connectivity index (χ2n) is 9.97. The van der Waals surface area contributed by atoms with Crippen LogP contribution in [0, 0.1) is 5.41 Å². The van der Waals surface area contributed by atoms with Crippen LogP contribution in [0.1, 0.15) is 130 Å². The SMILES string of the molecule is CC(C)=O.CCCC(C)(C)CCOSc1c(C(C)C)cc(C(C)C)cc1C(C)C. The van der Waals surface area contributed by atoms with Gasteiger partial charge in [0.15, 0.2) is 0 Å². The van der Waals surface area contributed by atoms with E-state index in [0.717, 1.165) is 13.0 Å². The molecule has 29 heavy (non-hydrogen) atoms. The standard InChI is InChI=1S/C23H40OS.C3H6O/c1-10-11-23(8,9)12-13-24-25-22-20(17(4)5)14-19(16(2)3)15-21(22)18(6)7;1-3(2)4/h14-18H,10-13H2,1-9H3;1-2H3. The highest BCUT2D eigenvalue weighted by atomic mass is 32.2. The lowest BCUT2D eigenvalue weighted by Crippen LogP contribution is -2.13. The van der Waals surface area contributed by atoms with Crippen LogP contribution in [0.3, 0.4) is 0 Å². The fraction of sp³-hybridized carbons (Fsp3) is 0.731. The van der Waals surface area contributed by atoms with E-state index in [4.69, 9.17) is 4.18 Å². The molecule has 0 unspecified atom stereocenters. The lowest BCUT2D eigenvalue weighted by Gasteiger charge is -2.24. The van der Waals surface area contributed by atoms with Crippen LogP contribution < -0.4 is 0 Å². The first-order chi connectivity index (χ1) is 13.3. The van der Waals surface area contributed by atoms with Crippen LogP contribution in [-0.4, -0.2) is 12.4 Å². The molecule has 0 aliphatic rings. The van der Waals surface area contributed by atoms with Gasteiger partial charge in [0, 0.05) is 16.9 Å². The van der Waals surface area contributed by atoms with Gasteiger partial charge in [0.2, 0.25) is 0 Å². The number of ketones is 1. The zero-order valence-electron chi connectivity index (χ0n) is 20.9. The van der Waals surface area contributed by atoms with Gasteiger partial charge in [-0.3, -0.25) is 0 Å². The van der Waals surface area contributed by atoms with Crippen molar-refractivity contribution in [3.05, 3.63) is 28.8 Å². The highest BCUT2D eigenvalue weighted by Gasteiger charge is 2.20. The molecule has 0 fully saturated rings. The molecule has 0 radical (unpaired) electrons. The van der Waals surface area contributed by atoms with Gasteiger partial charge >= 0.3 is 0 Å². The number of carbonyl (C=O) groups is 1. The van der Waals surface area contributed by atoms with Crippen molar-refractivity contribution in [1.82, 2.24) is 0 Å². The molecule has 0 saturated carbocycles. The van der Waals surface area contributed by atoms with E-state index in [-0.39, 0.29) is 5.78 Å². The molecule has 2 nitrogen and oxygen atoms in total. The monoisotopic (exact) mass is 422 g/mol. The van der Waals surface area contributed by atoms with Gasteiger partial charge in [-0.2, -0.15) is 0 Å². The Kier molecular flexibility index (Phi) is 13.1. The van der Waals surface area contributed by atoms with Crippen LogP contribution in [0.5, 0.6) is 0 Å². The van der Waals surface area contributed by atoms with Gasteiger partial charge in [-0.1, -0.05) is 80.9 Å². The third-order valence-corrected chi connectivity index (χ3v) is 5.93. The first-order valence-electron chi connectivity index (χ1n) is 11.3. The van der Waals surface area contributed by atoms with Crippen LogP contribution in [-0.2, 0) is 8.98 Å². The second-order valence-corrected chi connectivity index (χ2v) is 10.8. The Balaban J connectivity index is 0.00000178. The molecule has 0 N–H and O–H groups in total. The predicted molar refractivity (Wildman–Crippen MR) is 130 cm³/mol. The van der Waals surface area contributed by atoms with E-state index in [2.05, 4.69) is 74.4 Å². The van der Waals surface area contributed by atoms with Crippen LogP contribution in [0.2, 0.25) is 0 Å². The zero-order valence-corrected chi connectivity index (χ0v) is 21.8. The molecule has 0 heterocycles. The molecule has 0 spiro atoms. The number of carbonyl (C=O) groups excluding carboxylic acids is 1. The maximum atomic E-state index is 9.44. The van der Waals surface area contributed by atoms with Crippen LogP contribution >= 0.6 is 12.0 Å². The van der Waals surface area contributed by atoms with Gasteiger partial charge in [0.1, 0.15) is 5.78 Å². The van der Waals surface area contributed by atoms with E-state index in [1.165, 1.54) is 48.3 Å². The number of benzene rings is 1. The lowest BCUT2D eigenvalue weighted by atomic mass is 9.85. The van der Waals surface area contributed by atoms with Crippen LogP contribution in [0.15, 0.2) is 17.0 Å². The third kappa shape index (κ3) is 11.2. The van der Waals surface area contributed by atoms with Gasteiger partial charge in [0.05, 0.1) is 6.61 Å². The molecule has 0 amide bonds. The highest BCUT2D eigenvalue weighted by molar-refractivity contribution is 7.94. The largest absolute Gasteiger partial charge is 0.310 e. The molecule has 3 heteroatoms. The van der Waals surface area contributed by atoms with Crippen LogP contribution in [0.25, 0.3) is 0 Å². The van der Waals surface area contributed by atoms with Crippen molar-refractivity contribution in [1.29, 1.82) is 0 Å². The summed E-state index contributed by atoms with van der Waals surface area (Å²) in [7, 11) is 0. The Labute approximate surface area is 185 Å². The zero-order chi connectivity index (χ0) is 22.8. The summed E-state index contributed by atoms with van der Waals surface area (Å²) in [6, 6.07) is 4.79. The van der Waals surface area contributed by atoms with E-state index in [1.54, 1.807) is 12.0 Å². The summed E-state index contributed by atoms with van der Waals surface area (Å²) in [5.74, 6) is 1.75. The summed E-state index contributed by atoms with van der Waals surface area (Å²) in [6.45, 7) is 24.6. The fourth-order valence-corrected chi connectivity index (χ4v) is 4.27. The minimum Gasteiger partial charge on any atom is -0.310 e. The smallest absolute Gasteiger partial charge is 0.126 e. The summed E-state index contributed by atoms with van der Waals surface area (Å²) in [4.78, 5) is 10.8. The maximum Gasteiger partial charge on any atom is 0.126 e. The van der Waals surface area contributed by atoms with E-state index < -0.39 is 0 Å². The third-order valence-electron chi connectivity index (χ3n) is 5.01. The molecule has 1 aromatic carbocycles. The minimum atomic E-state index is 0.167. The molecule has 0 saturated heterocycles. The number of rotatable bonds is 10. The molecule has 0 aliphatic carbocycles. The summed E-state index contributed by atoms with van der Waals surface area (Å²) in [5.41, 5.74) is 4.69. The Morgan fingerprint density at radius 2 is 1.38 bits per heavy atom. The Morgan fingerprint density at radius 3 is 1.72 bits per heavy atom. The van der Waals surface area contributed by atoms with E-state index in [0.29, 0.717) is 23.2 Å². The summed E-state index contributed by atoms with van der Waals surface area (Å²) in [6.07, 6.45) is 3.62. The fourth-order valence-electron chi connectivity index (χ4n) is 3.21. The Hall–Kier alpha value is -0.800. The van der Waals surface area contributed by atoms with Crippen molar-refractivity contribution in [2.75, 3.05) is 6.61 Å².